The van der Waals surface area contributed by atoms with Gasteiger partial charge in [-0.25, -0.2) is 18.6 Å². The van der Waals surface area contributed by atoms with Crippen LogP contribution in [-0.2, 0) is 4.74 Å². The number of benzene rings is 2. The molecule has 0 saturated heterocycles. The van der Waals surface area contributed by atoms with Gasteiger partial charge in [-0.2, -0.15) is 5.10 Å². The smallest absolute Gasteiger partial charge is 0.413 e. The van der Waals surface area contributed by atoms with Crippen LogP contribution in [0.15, 0.2) is 35.4 Å². The number of aliphatic hydroxyl groups excluding tert-OH is 1. The molecule has 156 valence electrons. The summed E-state index contributed by atoms with van der Waals surface area (Å²) in [5.74, 6) is -1.67. The molecule has 3 aromatic rings. The molecule has 8 nitrogen and oxygen atoms in total. The van der Waals surface area contributed by atoms with Crippen molar-refractivity contribution in [1.29, 1.82) is 0 Å². The number of aromatic nitrogens is 2. The fraction of sp³-hybridized carbons (Fsp3) is 0.250. The number of rotatable bonds is 4. The van der Waals surface area contributed by atoms with Crippen molar-refractivity contribution in [2.45, 2.75) is 20.1 Å². The lowest BCUT2D eigenvalue weighted by Gasteiger charge is -2.22. The van der Waals surface area contributed by atoms with Gasteiger partial charge in [-0.05, 0) is 30.2 Å². The highest BCUT2D eigenvalue weighted by Gasteiger charge is 2.25. The zero-order valence-corrected chi connectivity index (χ0v) is 16.2. The Kier molecular flexibility index (Phi) is 5.08. The number of hydrazone groups is 1. The number of halogens is 2. The Bertz CT molecular complexity index is 1160. The number of ether oxygens (including phenoxy) is 1. The molecule has 1 aliphatic rings. The van der Waals surface area contributed by atoms with Crippen LogP contribution in [0.5, 0.6) is 0 Å². The van der Waals surface area contributed by atoms with Crippen molar-refractivity contribution < 1.29 is 23.4 Å². The largest absolute Gasteiger partial charge is 0.449 e. The standard InChI is InChI=1S/C20H19F2N5O3/c1-9(2)8-30-20(29)25-19-23-15-4-3-10(5-16(15)24-19)17-11-6-13(21)14(22)7-12(11)18(28)27-26-17/h3-7,9,18,27-28H,8H2,1-2H3,(H2,23,24,25,29). The highest BCUT2D eigenvalue weighted by Crippen LogP contribution is 2.28. The summed E-state index contributed by atoms with van der Waals surface area (Å²) in [6, 6.07) is 7.04. The summed E-state index contributed by atoms with van der Waals surface area (Å²) in [4.78, 5) is 19.1. The fourth-order valence-corrected chi connectivity index (χ4v) is 3.06. The van der Waals surface area contributed by atoms with Crippen LogP contribution in [0, 0.1) is 17.6 Å². The molecule has 4 rings (SSSR count). The first-order valence-electron chi connectivity index (χ1n) is 9.26. The Morgan fingerprint density at radius 2 is 2.03 bits per heavy atom. The topological polar surface area (TPSA) is 112 Å². The van der Waals surface area contributed by atoms with Crippen LogP contribution in [0.4, 0.5) is 19.5 Å². The van der Waals surface area contributed by atoms with Gasteiger partial charge in [-0.1, -0.05) is 19.9 Å². The molecule has 30 heavy (non-hydrogen) atoms. The van der Waals surface area contributed by atoms with E-state index in [9.17, 15) is 18.7 Å². The lowest BCUT2D eigenvalue weighted by Crippen LogP contribution is -2.27. The number of carbonyl (C=O) groups is 1. The third-order valence-corrected chi connectivity index (χ3v) is 4.46. The van der Waals surface area contributed by atoms with Crippen LogP contribution in [0.1, 0.15) is 36.8 Å². The molecule has 0 fully saturated rings. The third kappa shape index (κ3) is 3.81. The second kappa shape index (κ2) is 7.71. The monoisotopic (exact) mass is 415 g/mol. The molecule has 10 heteroatoms. The number of aromatic amines is 1. The minimum absolute atomic E-state index is 0.180. The Morgan fingerprint density at radius 3 is 2.80 bits per heavy atom. The first-order valence-corrected chi connectivity index (χ1v) is 9.26. The number of anilines is 1. The molecule has 1 atom stereocenters. The van der Waals surface area contributed by atoms with Gasteiger partial charge in [0.25, 0.3) is 0 Å². The highest BCUT2D eigenvalue weighted by molar-refractivity contribution is 6.15. The second-order valence-corrected chi connectivity index (χ2v) is 7.28. The van der Waals surface area contributed by atoms with Gasteiger partial charge < -0.3 is 14.8 Å². The Labute approximate surface area is 170 Å². The lowest BCUT2D eigenvalue weighted by atomic mass is 9.95. The van der Waals surface area contributed by atoms with Crippen LogP contribution in [0.3, 0.4) is 0 Å². The number of H-pyrrole nitrogens is 1. The summed E-state index contributed by atoms with van der Waals surface area (Å²) in [6.45, 7) is 4.14. The van der Waals surface area contributed by atoms with Crippen molar-refractivity contribution in [1.82, 2.24) is 15.4 Å². The van der Waals surface area contributed by atoms with Gasteiger partial charge in [0.1, 0.15) is 0 Å². The second-order valence-electron chi connectivity index (χ2n) is 7.28. The molecular weight excluding hydrogens is 396 g/mol. The number of aliphatic hydroxyl groups is 1. The predicted molar refractivity (Wildman–Crippen MR) is 106 cm³/mol. The molecule has 2 heterocycles. The van der Waals surface area contributed by atoms with E-state index in [2.05, 4.69) is 25.8 Å². The summed E-state index contributed by atoms with van der Waals surface area (Å²) in [6.07, 6.45) is -1.87. The van der Waals surface area contributed by atoms with E-state index >= 15 is 0 Å². The maximum absolute atomic E-state index is 13.8. The van der Waals surface area contributed by atoms with Crippen molar-refractivity contribution in [3.8, 4) is 0 Å². The summed E-state index contributed by atoms with van der Waals surface area (Å²) in [5, 5.41) is 16.6. The van der Waals surface area contributed by atoms with Gasteiger partial charge in [-0.15, -0.1) is 0 Å². The Hall–Kier alpha value is -3.53. The van der Waals surface area contributed by atoms with Gasteiger partial charge in [0, 0.05) is 16.7 Å². The number of hydrogen-bond donors (Lipinski definition) is 4. The van der Waals surface area contributed by atoms with E-state index in [4.69, 9.17) is 4.74 Å². The van der Waals surface area contributed by atoms with Gasteiger partial charge in [0.05, 0.1) is 23.4 Å². The van der Waals surface area contributed by atoms with Crippen molar-refractivity contribution in [3.63, 3.8) is 0 Å². The number of nitrogens with one attached hydrogen (secondary N) is 3. The maximum Gasteiger partial charge on any atom is 0.413 e. The summed E-state index contributed by atoms with van der Waals surface area (Å²) < 4.78 is 32.5. The van der Waals surface area contributed by atoms with Crippen molar-refractivity contribution in [2.75, 3.05) is 11.9 Å². The maximum atomic E-state index is 13.8. The van der Waals surface area contributed by atoms with Crippen LogP contribution < -0.4 is 10.7 Å². The number of imidazole rings is 1. The minimum atomic E-state index is -1.25. The van der Waals surface area contributed by atoms with E-state index in [1.54, 1.807) is 18.2 Å². The molecule has 2 aromatic carbocycles. The SMILES string of the molecule is CC(C)COC(=O)Nc1nc2ccc(C3=NNC(O)c4cc(F)c(F)cc43)cc2[nH]1. The van der Waals surface area contributed by atoms with Gasteiger partial charge in [0.2, 0.25) is 5.95 Å². The lowest BCUT2D eigenvalue weighted by molar-refractivity contribution is 0.138. The zero-order valence-electron chi connectivity index (χ0n) is 16.2. The molecule has 1 unspecified atom stereocenters. The van der Waals surface area contributed by atoms with E-state index in [0.29, 0.717) is 22.3 Å². The Balaban J connectivity index is 1.63. The van der Waals surface area contributed by atoms with Gasteiger partial charge >= 0.3 is 6.09 Å². The van der Waals surface area contributed by atoms with Crippen molar-refractivity contribution >= 4 is 28.8 Å². The number of carbonyl (C=O) groups excluding carboxylic acids is 1. The van der Waals surface area contributed by atoms with Crippen LogP contribution in [0.25, 0.3) is 11.0 Å². The van der Waals surface area contributed by atoms with E-state index in [1.165, 1.54) is 0 Å². The Morgan fingerprint density at radius 1 is 1.27 bits per heavy atom. The van der Waals surface area contributed by atoms with Gasteiger partial charge in [0.15, 0.2) is 17.9 Å². The van der Waals surface area contributed by atoms with Crippen LogP contribution in [-0.4, -0.2) is 33.5 Å². The number of amides is 1. The molecule has 4 N–H and O–H groups in total. The molecule has 0 bridgehead atoms. The summed E-state index contributed by atoms with van der Waals surface area (Å²) in [7, 11) is 0. The van der Waals surface area contributed by atoms with Crippen molar-refractivity contribution in [3.05, 3.63) is 58.7 Å². The average molecular weight is 415 g/mol. The molecule has 1 aromatic heterocycles. The molecule has 0 spiro atoms. The summed E-state index contributed by atoms with van der Waals surface area (Å²) in [5.41, 5.74) is 5.01. The molecule has 0 saturated carbocycles. The molecule has 1 aliphatic heterocycles. The number of nitrogens with zero attached hydrogens (tertiary/aromatic N) is 2. The molecule has 1 amide bonds. The normalized spacial score (nSPS) is 15.5. The summed E-state index contributed by atoms with van der Waals surface area (Å²) >= 11 is 0. The first-order chi connectivity index (χ1) is 14.3. The van der Waals surface area contributed by atoms with Crippen LogP contribution in [0.2, 0.25) is 0 Å². The number of hydrogen-bond acceptors (Lipinski definition) is 6. The number of fused-ring (bicyclic) bond motifs is 2. The van der Waals surface area contributed by atoms with Crippen LogP contribution >= 0.6 is 0 Å². The van der Waals surface area contributed by atoms with E-state index < -0.39 is 24.0 Å². The first kappa shape index (κ1) is 19.8. The average Bonchev–Trinajstić information content (AvgIpc) is 3.09. The third-order valence-electron chi connectivity index (χ3n) is 4.46. The van der Waals surface area contributed by atoms with E-state index in [-0.39, 0.29) is 29.6 Å². The minimum Gasteiger partial charge on any atom is -0.449 e. The predicted octanol–water partition coefficient (Wildman–Crippen LogP) is 3.39. The van der Waals surface area contributed by atoms with Gasteiger partial charge in [-0.3, -0.25) is 10.7 Å². The zero-order chi connectivity index (χ0) is 21.4. The molecule has 0 radical (unpaired) electrons. The van der Waals surface area contributed by atoms with E-state index in [1.807, 2.05) is 13.8 Å². The van der Waals surface area contributed by atoms with E-state index in [0.717, 1.165) is 12.1 Å². The highest BCUT2D eigenvalue weighted by atomic mass is 19.2. The molecular formula is C20H19F2N5O3. The fourth-order valence-electron chi connectivity index (χ4n) is 3.06. The van der Waals surface area contributed by atoms with Crippen molar-refractivity contribution in [2.24, 2.45) is 11.0 Å². The molecule has 0 aliphatic carbocycles. The quantitative estimate of drug-likeness (QED) is 0.522.